The van der Waals surface area contributed by atoms with E-state index in [2.05, 4.69) is 5.32 Å². The SMILES string of the molecule is NC(CNC(=O)CC[C@H](N)C(=O)O)c1cccc2c(S(=O)O)cccc12. The highest BCUT2D eigenvalue weighted by Crippen LogP contribution is 2.27. The second-order valence-corrected chi connectivity index (χ2v) is 6.78. The van der Waals surface area contributed by atoms with E-state index in [0.717, 1.165) is 10.9 Å². The van der Waals surface area contributed by atoms with Gasteiger partial charge in [0.1, 0.15) is 6.04 Å². The quantitative estimate of drug-likeness (QED) is 0.423. The Morgan fingerprint density at radius 3 is 2.42 bits per heavy atom. The molecule has 26 heavy (non-hydrogen) atoms. The zero-order chi connectivity index (χ0) is 19.3. The van der Waals surface area contributed by atoms with Crippen molar-refractivity contribution in [3.8, 4) is 0 Å². The molecule has 0 aromatic heterocycles. The zero-order valence-electron chi connectivity index (χ0n) is 13.9. The number of fused-ring (bicyclic) bond motifs is 1. The second kappa shape index (κ2) is 8.86. The van der Waals surface area contributed by atoms with Crippen molar-refractivity contribution < 1.29 is 23.5 Å². The molecule has 0 aliphatic rings. The van der Waals surface area contributed by atoms with Crippen molar-refractivity contribution in [1.29, 1.82) is 0 Å². The Kier molecular flexibility index (Phi) is 6.81. The third kappa shape index (κ3) is 4.85. The van der Waals surface area contributed by atoms with Crippen LogP contribution >= 0.6 is 0 Å². The fourth-order valence-corrected chi connectivity index (χ4v) is 3.17. The summed E-state index contributed by atoms with van der Waals surface area (Å²) < 4.78 is 20.9. The Labute approximate surface area is 152 Å². The molecule has 2 rings (SSSR count). The molecule has 0 radical (unpaired) electrons. The molecule has 0 heterocycles. The van der Waals surface area contributed by atoms with Crippen LogP contribution in [0.5, 0.6) is 0 Å². The van der Waals surface area contributed by atoms with Crippen molar-refractivity contribution >= 4 is 33.7 Å². The molecule has 0 aliphatic carbocycles. The van der Waals surface area contributed by atoms with Crippen LogP contribution in [0.3, 0.4) is 0 Å². The van der Waals surface area contributed by atoms with E-state index in [1.165, 1.54) is 0 Å². The van der Waals surface area contributed by atoms with Gasteiger partial charge in [-0.1, -0.05) is 30.3 Å². The number of hydrogen-bond donors (Lipinski definition) is 5. The van der Waals surface area contributed by atoms with E-state index in [1.54, 1.807) is 36.4 Å². The van der Waals surface area contributed by atoms with Gasteiger partial charge >= 0.3 is 5.97 Å². The Hall–Kier alpha value is -2.33. The largest absolute Gasteiger partial charge is 0.480 e. The summed E-state index contributed by atoms with van der Waals surface area (Å²) in [7, 11) is 0. The maximum Gasteiger partial charge on any atom is 0.320 e. The molecule has 140 valence electrons. The first-order valence-corrected chi connectivity index (χ1v) is 9.05. The van der Waals surface area contributed by atoms with Gasteiger partial charge in [-0.2, -0.15) is 0 Å². The predicted octanol–water partition coefficient (Wildman–Crippen LogP) is 0.729. The number of amides is 1. The summed E-state index contributed by atoms with van der Waals surface area (Å²) in [4.78, 5) is 22.8. The van der Waals surface area contributed by atoms with Gasteiger partial charge in [0, 0.05) is 24.4 Å². The van der Waals surface area contributed by atoms with Crippen molar-refractivity contribution in [2.75, 3.05) is 6.54 Å². The highest BCUT2D eigenvalue weighted by molar-refractivity contribution is 7.79. The molecule has 2 aromatic carbocycles. The normalized spacial score (nSPS) is 14.6. The zero-order valence-corrected chi connectivity index (χ0v) is 14.7. The van der Waals surface area contributed by atoms with Crippen LogP contribution in [0.15, 0.2) is 41.3 Å². The summed E-state index contributed by atoms with van der Waals surface area (Å²) in [5.41, 5.74) is 12.3. The van der Waals surface area contributed by atoms with Crippen molar-refractivity contribution in [2.45, 2.75) is 29.8 Å². The van der Waals surface area contributed by atoms with Gasteiger partial charge < -0.3 is 26.4 Å². The van der Waals surface area contributed by atoms with Crippen LogP contribution in [-0.4, -0.2) is 38.3 Å². The maximum absolute atomic E-state index is 11.8. The third-order valence-corrected chi connectivity index (χ3v) is 4.75. The third-order valence-electron chi connectivity index (χ3n) is 4.02. The van der Waals surface area contributed by atoms with Crippen molar-refractivity contribution in [2.24, 2.45) is 11.5 Å². The first kappa shape index (κ1) is 20.0. The number of benzene rings is 2. The van der Waals surface area contributed by atoms with Crippen LogP contribution in [0.25, 0.3) is 10.8 Å². The number of carboxylic acids is 1. The Morgan fingerprint density at radius 2 is 1.77 bits per heavy atom. The minimum atomic E-state index is -2.12. The van der Waals surface area contributed by atoms with Crippen LogP contribution in [0, 0.1) is 0 Å². The molecule has 2 aromatic rings. The van der Waals surface area contributed by atoms with E-state index in [4.69, 9.17) is 16.6 Å². The lowest BCUT2D eigenvalue weighted by Crippen LogP contribution is -2.35. The van der Waals surface area contributed by atoms with Gasteiger partial charge in [0.05, 0.1) is 4.90 Å². The number of rotatable bonds is 8. The van der Waals surface area contributed by atoms with Gasteiger partial charge in [-0.3, -0.25) is 9.59 Å². The summed E-state index contributed by atoms with van der Waals surface area (Å²) in [5.74, 6) is -1.49. The molecule has 0 fully saturated rings. The van der Waals surface area contributed by atoms with Gasteiger partial charge in [-0.15, -0.1) is 0 Å². The van der Waals surface area contributed by atoms with Crippen molar-refractivity contribution in [1.82, 2.24) is 5.32 Å². The summed E-state index contributed by atoms with van der Waals surface area (Å²) in [6.45, 7) is 0.146. The number of nitrogens with two attached hydrogens (primary N) is 2. The molecule has 0 bridgehead atoms. The van der Waals surface area contributed by atoms with E-state index in [1.807, 2.05) is 0 Å². The summed E-state index contributed by atoms with van der Waals surface area (Å²) in [6.07, 6.45) is 0.0275. The van der Waals surface area contributed by atoms with Crippen molar-refractivity contribution in [3.05, 3.63) is 42.0 Å². The van der Waals surface area contributed by atoms with Gasteiger partial charge in [0.25, 0.3) is 0 Å². The lowest BCUT2D eigenvalue weighted by molar-refractivity contribution is -0.138. The van der Waals surface area contributed by atoms with E-state index in [0.29, 0.717) is 10.3 Å². The van der Waals surface area contributed by atoms with Gasteiger partial charge in [-0.25, -0.2) is 4.21 Å². The number of carbonyl (C=O) groups excluding carboxylic acids is 1. The fourth-order valence-electron chi connectivity index (χ4n) is 2.61. The average Bonchev–Trinajstić information content (AvgIpc) is 2.62. The fraction of sp³-hybridized carbons (Fsp3) is 0.294. The number of aliphatic carboxylic acids is 1. The molecule has 7 N–H and O–H groups in total. The van der Waals surface area contributed by atoms with E-state index in [9.17, 15) is 18.4 Å². The minimum Gasteiger partial charge on any atom is -0.480 e. The maximum atomic E-state index is 11.8. The smallest absolute Gasteiger partial charge is 0.320 e. The van der Waals surface area contributed by atoms with Crippen LogP contribution in [0.4, 0.5) is 0 Å². The lowest BCUT2D eigenvalue weighted by atomic mass is 9.99. The molecule has 9 heteroatoms. The molecule has 0 saturated heterocycles. The number of carboxylic acid groups (broad SMARTS) is 1. The monoisotopic (exact) mass is 379 g/mol. The van der Waals surface area contributed by atoms with Crippen LogP contribution < -0.4 is 16.8 Å². The molecule has 8 nitrogen and oxygen atoms in total. The Balaban J connectivity index is 2.07. The minimum absolute atomic E-state index is 0.0105. The van der Waals surface area contributed by atoms with E-state index >= 15 is 0 Å². The molecule has 3 atom stereocenters. The molecule has 0 saturated carbocycles. The Morgan fingerprint density at radius 1 is 1.12 bits per heavy atom. The highest BCUT2D eigenvalue weighted by Gasteiger charge is 2.16. The summed E-state index contributed by atoms with van der Waals surface area (Å²) in [6, 6.07) is 8.71. The molecule has 0 aliphatic heterocycles. The van der Waals surface area contributed by atoms with Crippen molar-refractivity contribution in [3.63, 3.8) is 0 Å². The molecular formula is C17H21N3O5S. The summed E-state index contributed by atoms with van der Waals surface area (Å²) in [5, 5.41) is 12.7. The number of nitrogens with one attached hydrogen (secondary N) is 1. The predicted molar refractivity (Wildman–Crippen MR) is 97.8 cm³/mol. The highest BCUT2D eigenvalue weighted by atomic mass is 32.2. The lowest BCUT2D eigenvalue weighted by Gasteiger charge is -2.16. The van der Waals surface area contributed by atoms with E-state index < -0.39 is 29.1 Å². The topological polar surface area (TPSA) is 156 Å². The van der Waals surface area contributed by atoms with Gasteiger partial charge in [0.2, 0.25) is 5.91 Å². The summed E-state index contributed by atoms with van der Waals surface area (Å²) >= 11 is -2.12. The van der Waals surface area contributed by atoms with Crippen LogP contribution in [0.1, 0.15) is 24.4 Å². The molecular weight excluding hydrogens is 358 g/mol. The first-order chi connectivity index (χ1) is 12.3. The van der Waals surface area contributed by atoms with Crippen LogP contribution in [0.2, 0.25) is 0 Å². The molecule has 2 unspecified atom stereocenters. The van der Waals surface area contributed by atoms with E-state index in [-0.39, 0.29) is 25.3 Å². The first-order valence-electron chi connectivity index (χ1n) is 7.94. The Bertz CT molecular complexity index is 842. The number of carbonyl (C=O) groups is 2. The molecule has 0 spiro atoms. The van der Waals surface area contributed by atoms with Gasteiger partial charge in [0.15, 0.2) is 11.1 Å². The molecule has 1 amide bonds. The second-order valence-electron chi connectivity index (χ2n) is 5.84. The van der Waals surface area contributed by atoms with Crippen LogP contribution in [-0.2, 0) is 20.7 Å². The number of hydrogen-bond acceptors (Lipinski definition) is 5. The average molecular weight is 379 g/mol. The standard InChI is InChI=1S/C17H21N3O5S/c18-13(17(22)23)7-8-16(21)20-9-14(19)11-4-1-5-12-10(11)3-2-6-15(12)26(24)25/h1-6,13-14H,7-9,18-19H2,(H,20,21)(H,22,23)(H,24,25)/t13-,14?/m0/s1. The van der Waals surface area contributed by atoms with Gasteiger partial charge in [-0.05, 0) is 23.4 Å².